The van der Waals surface area contributed by atoms with Crippen LogP contribution in [0.5, 0.6) is 0 Å². The van der Waals surface area contributed by atoms with E-state index in [4.69, 9.17) is 0 Å². The Kier molecular flexibility index (Phi) is 6.40. The molecule has 0 aliphatic carbocycles. The molecule has 0 atom stereocenters. The van der Waals surface area contributed by atoms with E-state index in [9.17, 15) is 4.79 Å². The first-order valence-electron chi connectivity index (χ1n) is 9.41. The van der Waals surface area contributed by atoms with Gasteiger partial charge in [0.25, 0.3) is 5.91 Å². The van der Waals surface area contributed by atoms with Crippen molar-refractivity contribution in [1.82, 2.24) is 20.1 Å². The number of carbonyl (C=O) groups excluding carboxylic acids is 1. The van der Waals surface area contributed by atoms with Gasteiger partial charge in [-0.05, 0) is 51.7 Å². The third-order valence-corrected chi connectivity index (χ3v) is 5.52. The van der Waals surface area contributed by atoms with E-state index in [-0.39, 0.29) is 5.91 Å². The number of hydrogen-bond acceptors (Lipinski definition) is 4. The Morgan fingerprint density at radius 3 is 2.63 bits per heavy atom. The van der Waals surface area contributed by atoms with Gasteiger partial charge in [-0.3, -0.25) is 4.79 Å². The highest BCUT2D eigenvalue weighted by atomic mass is 32.1. The summed E-state index contributed by atoms with van der Waals surface area (Å²) >= 11 is 1.71. The monoisotopic (exact) mass is 382 g/mol. The molecule has 6 heteroatoms. The van der Waals surface area contributed by atoms with Crippen molar-refractivity contribution in [2.75, 3.05) is 6.54 Å². The smallest absolute Gasteiger partial charge is 0.254 e. The quantitative estimate of drug-likeness (QED) is 0.592. The Bertz CT molecular complexity index is 895. The molecule has 1 amide bonds. The highest BCUT2D eigenvalue weighted by Crippen LogP contribution is 2.17. The van der Waals surface area contributed by atoms with Gasteiger partial charge in [0.1, 0.15) is 0 Å². The van der Waals surface area contributed by atoms with Crippen LogP contribution in [-0.2, 0) is 12.8 Å². The molecule has 0 aliphatic heterocycles. The lowest BCUT2D eigenvalue weighted by molar-refractivity contribution is 0.0952. The van der Waals surface area contributed by atoms with Crippen molar-refractivity contribution < 1.29 is 4.79 Å². The van der Waals surface area contributed by atoms with Crippen LogP contribution in [0.25, 0.3) is 5.69 Å². The van der Waals surface area contributed by atoms with E-state index in [0.29, 0.717) is 12.1 Å². The fraction of sp³-hybridized carbons (Fsp3) is 0.381. The topological polar surface area (TPSA) is 59.8 Å². The minimum atomic E-state index is -0.0460. The summed E-state index contributed by atoms with van der Waals surface area (Å²) in [5.41, 5.74) is 4.87. The zero-order chi connectivity index (χ0) is 19.2. The van der Waals surface area contributed by atoms with Gasteiger partial charge in [-0.25, -0.2) is 9.67 Å². The number of thiazole rings is 1. The number of benzene rings is 1. The van der Waals surface area contributed by atoms with Gasteiger partial charge < -0.3 is 5.32 Å². The van der Waals surface area contributed by atoms with Gasteiger partial charge in [-0.2, -0.15) is 5.10 Å². The third-order valence-electron chi connectivity index (χ3n) is 4.50. The van der Waals surface area contributed by atoms with E-state index in [0.717, 1.165) is 42.8 Å². The van der Waals surface area contributed by atoms with Crippen molar-refractivity contribution in [1.29, 1.82) is 0 Å². The lowest BCUT2D eigenvalue weighted by Crippen LogP contribution is -2.25. The summed E-state index contributed by atoms with van der Waals surface area (Å²) in [4.78, 5) is 17.1. The Morgan fingerprint density at radius 2 is 1.96 bits per heavy atom. The maximum Gasteiger partial charge on any atom is 0.254 e. The first kappa shape index (κ1) is 19.3. The fourth-order valence-corrected chi connectivity index (χ4v) is 3.85. The minimum absolute atomic E-state index is 0.0460. The summed E-state index contributed by atoms with van der Waals surface area (Å²) in [6.07, 6.45) is 5.36. The predicted octanol–water partition coefficient (Wildman–Crippen LogP) is 4.26. The summed E-state index contributed by atoms with van der Waals surface area (Å²) in [6, 6.07) is 8.17. The maximum absolute atomic E-state index is 12.6. The van der Waals surface area contributed by atoms with Gasteiger partial charge >= 0.3 is 0 Å². The zero-order valence-corrected chi connectivity index (χ0v) is 17.0. The number of hydrogen-bond donors (Lipinski definition) is 1. The van der Waals surface area contributed by atoms with Crippen LogP contribution in [0.2, 0.25) is 0 Å². The molecule has 2 heterocycles. The lowest BCUT2D eigenvalue weighted by atomic mass is 10.1. The molecule has 0 saturated heterocycles. The predicted molar refractivity (Wildman–Crippen MR) is 110 cm³/mol. The first-order chi connectivity index (χ1) is 13.1. The van der Waals surface area contributed by atoms with Crippen molar-refractivity contribution in [2.45, 2.75) is 46.5 Å². The van der Waals surface area contributed by atoms with E-state index >= 15 is 0 Å². The molecule has 142 valence electrons. The largest absolute Gasteiger partial charge is 0.352 e. The number of carbonyl (C=O) groups is 1. The molecule has 5 nitrogen and oxygen atoms in total. The van der Waals surface area contributed by atoms with Gasteiger partial charge in [0.15, 0.2) is 0 Å². The second-order valence-corrected chi connectivity index (χ2v) is 7.64. The number of nitrogens with zero attached hydrogens (tertiary/aromatic N) is 3. The average Bonchev–Trinajstić information content (AvgIpc) is 3.28. The van der Waals surface area contributed by atoms with Crippen LogP contribution < -0.4 is 5.32 Å². The number of aromatic nitrogens is 3. The number of aryl methyl sites for hydroxylation is 3. The second kappa shape index (κ2) is 8.95. The van der Waals surface area contributed by atoms with Crippen LogP contribution in [0.4, 0.5) is 0 Å². The minimum Gasteiger partial charge on any atom is -0.352 e. The molecule has 0 spiro atoms. The fourth-order valence-electron chi connectivity index (χ4n) is 3.03. The van der Waals surface area contributed by atoms with Crippen molar-refractivity contribution in [3.05, 3.63) is 63.4 Å². The summed E-state index contributed by atoms with van der Waals surface area (Å²) < 4.78 is 1.86. The number of unbranched alkanes of at least 4 members (excludes halogenated alkanes) is 1. The Hall–Kier alpha value is -2.47. The Labute approximate surface area is 164 Å². The molecule has 0 unspecified atom stereocenters. The number of nitrogens with one attached hydrogen (secondary N) is 1. The third kappa shape index (κ3) is 4.83. The Balaban J connectivity index is 1.55. The van der Waals surface area contributed by atoms with Gasteiger partial charge in [-0.1, -0.05) is 24.6 Å². The highest BCUT2D eigenvalue weighted by molar-refractivity contribution is 7.09. The molecular formula is C21H26N4OS. The molecule has 2 aromatic heterocycles. The molecule has 1 aromatic carbocycles. The van der Waals surface area contributed by atoms with Crippen molar-refractivity contribution >= 4 is 17.2 Å². The van der Waals surface area contributed by atoms with E-state index in [2.05, 4.69) is 46.8 Å². The molecule has 27 heavy (non-hydrogen) atoms. The molecular weight excluding hydrogens is 356 g/mol. The van der Waals surface area contributed by atoms with Crippen LogP contribution in [0.1, 0.15) is 52.1 Å². The molecule has 3 rings (SSSR count). The molecule has 0 saturated carbocycles. The van der Waals surface area contributed by atoms with E-state index in [1.165, 1.54) is 10.6 Å². The van der Waals surface area contributed by atoms with Crippen molar-refractivity contribution in [3.63, 3.8) is 0 Å². The highest BCUT2D eigenvalue weighted by Gasteiger charge is 2.16. The van der Waals surface area contributed by atoms with E-state index < -0.39 is 0 Å². The summed E-state index contributed by atoms with van der Waals surface area (Å²) in [5, 5.41) is 10.7. The molecule has 0 fully saturated rings. The summed E-state index contributed by atoms with van der Waals surface area (Å²) in [5.74, 6) is -0.0460. The van der Waals surface area contributed by atoms with E-state index in [1.54, 1.807) is 17.5 Å². The van der Waals surface area contributed by atoms with Gasteiger partial charge in [-0.15, -0.1) is 11.3 Å². The molecule has 0 bridgehead atoms. The first-order valence-corrected chi connectivity index (χ1v) is 10.3. The van der Waals surface area contributed by atoms with Gasteiger partial charge in [0, 0.05) is 17.6 Å². The molecule has 3 aromatic rings. The van der Waals surface area contributed by atoms with Crippen LogP contribution in [0.15, 0.2) is 35.8 Å². The second-order valence-electron chi connectivity index (χ2n) is 6.70. The molecule has 0 aliphatic rings. The average molecular weight is 383 g/mol. The van der Waals surface area contributed by atoms with Crippen molar-refractivity contribution in [2.24, 2.45) is 0 Å². The van der Waals surface area contributed by atoms with Crippen LogP contribution in [0, 0.1) is 13.8 Å². The SMILES string of the molecule is CCc1c(C(=O)NCCCCc2nc(C)cs2)cnn1-c1ccc(C)cc1. The maximum atomic E-state index is 12.6. The standard InChI is InChI=1S/C21H26N4OS/c1-4-19-18(13-23-25(19)17-10-8-15(2)9-11-17)21(26)22-12-6-5-7-20-24-16(3)14-27-20/h8-11,13-14H,4-7,12H2,1-3H3,(H,22,26). The normalized spacial score (nSPS) is 10.9. The van der Waals surface area contributed by atoms with Crippen LogP contribution >= 0.6 is 11.3 Å². The summed E-state index contributed by atoms with van der Waals surface area (Å²) in [7, 11) is 0. The summed E-state index contributed by atoms with van der Waals surface area (Å²) in [6.45, 7) is 6.79. The number of rotatable bonds is 8. The number of amides is 1. The lowest BCUT2D eigenvalue weighted by Gasteiger charge is -2.09. The zero-order valence-electron chi connectivity index (χ0n) is 16.2. The van der Waals surface area contributed by atoms with Crippen LogP contribution in [-0.4, -0.2) is 27.2 Å². The Morgan fingerprint density at radius 1 is 1.19 bits per heavy atom. The van der Waals surface area contributed by atoms with Crippen molar-refractivity contribution in [3.8, 4) is 5.69 Å². The molecule has 0 radical (unpaired) electrons. The van der Waals surface area contributed by atoms with E-state index in [1.807, 2.05) is 23.7 Å². The molecule has 1 N–H and O–H groups in total. The van der Waals surface area contributed by atoms with Gasteiger partial charge in [0.2, 0.25) is 0 Å². The van der Waals surface area contributed by atoms with Gasteiger partial charge in [0.05, 0.1) is 28.1 Å². The van der Waals surface area contributed by atoms with Crippen LogP contribution in [0.3, 0.4) is 0 Å².